The van der Waals surface area contributed by atoms with Gasteiger partial charge in [0.2, 0.25) is 6.10 Å². The molecule has 4 aromatic rings. The van der Waals surface area contributed by atoms with Crippen molar-refractivity contribution in [2.45, 2.75) is 18.9 Å². The second kappa shape index (κ2) is 9.92. The van der Waals surface area contributed by atoms with Crippen LogP contribution in [0.25, 0.3) is 10.8 Å². The summed E-state index contributed by atoms with van der Waals surface area (Å²) in [5, 5.41) is 1.89. The van der Waals surface area contributed by atoms with Crippen LogP contribution in [-0.4, -0.2) is 18.9 Å². The normalized spacial score (nSPS) is 11.7. The highest BCUT2D eigenvalue weighted by Gasteiger charge is 2.30. The Bertz CT molecular complexity index is 1200. The van der Waals surface area contributed by atoms with Crippen molar-refractivity contribution < 1.29 is 14.3 Å². The summed E-state index contributed by atoms with van der Waals surface area (Å²) < 4.78 is 5.84. The molecule has 4 rings (SSSR count). The molecule has 0 aromatic heterocycles. The molecule has 0 aliphatic rings. The first-order valence-electron chi connectivity index (χ1n) is 10.7. The van der Waals surface area contributed by atoms with Gasteiger partial charge in [-0.2, -0.15) is 0 Å². The molecular formula is C28H25NO3. The van der Waals surface area contributed by atoms with Crippen LogP contribution in [0.5, 0.6) is 0 Å². The van der Waals surface area contributed by atoms with E-state index in [1.165, 1.54) is 4.90 Å². The fourth-order valence-electron chi connectivity index (χ4n) is 3.76. The van der Waals surface area contributed by atoms with Gasteiger partial charge in [-0.15, -0.1) is 0 Å². The highest BCUT2D eigenvalue weighted by atomic mass is 16.5. The standard InChI is InChI=1S/C28H25NO3/c1-29(23-15-6-3-7-16-23)28(31)27(25-18-10-14-22-13-8-9-17-24(22)25)32-26(30)20-19-21-11-4-2-5-12-21/h2-18,27H,19-20H2,1H3/t27-/m0/s1. The molecule has 0 fully saturated rings. The number of fused-ring (bicyclic) bond motifs is 1. The Morgan fingerprint density at radius 3 is 2.16 bits per heavy atom. The van der Waals surface area contributed by atoms with Crippen LogP contribution >= 0.6 is 0 Å². The molecule has 0 N–H and O–H groups in total. The number of anilines is 1. The van der Waals surface area contributed by atoms with E-state index in [4.69, 9.17) is 4.74 Å². The Balaban J connectivity index is 1.63. The Hall–Kier alpha value is -3.92. The van der Waals surface area contributed by atoms with Crippen LogP contribution in [0.3, 0.4) is 0 Å². The minimum absolute atomic E-state index is 0.202. The van der Waals surface area contributed by atoms with Crippen molar-refractivity contribution in [3.05, 3.63) is 114 Å². The van der Waals surface area contributed by atoms with Crippen molar-refractivity contribution in [3.63, 3.8) is 0 Å². The van der Waals surface area contributed by atoms with E-state index in [9.17, 15) is 9.59 Å². The monoisotopic (exact) mass is 423 g/mol. The molecule has 0 aliphatic carbocycles. The first kappa shape index (κ1) is 21.3. The van der Waals surface area contributed by atoms with E-state index < -0.39 is 12.1 Å². The zero-order valence-electron chi connectivity index (χ0n) is 18.0. The maximum Gasteiger partial charge on any atom is 0.307 e. The van der Waals surface area contributed by atoms with Gasteiger partial charge >= 0.3 is 5.97 Å². The topological polar surface area (TPSA) is 46.6 Å². The minimum atomic E-state index is -1.03. The molecule has 0 bridgehead atoms. The number of rotatable bonds is 7. The van der Waals surface area contributed by atoms with Gasteiger partial charge in [-0.1, -0.05) is 91.0 Å². The number of amides is 1. The molecule has 32 heavy (non-hydrogen) atoms. The van der Waals surface area contributed by atoms with Crippen molar-refractivity contribution in [1.29, 1.82) is 0 Å². The molecule has 0 unspecified atom stereocenters. The molecule has 0 radical (unpaired) electrons. The lowest BCUT2D eigenvalue weighted by atomic mass is 9.99. The number of likely N-dealkylation sites (N-methyl/N-ethyl adjacent to an activating group) is 1. The molecule has 0 saturated carbocycles. The third-order valence-electron chi connectivity index (χ3n) is 5.51. The lowest BCUT2D eigenvalue weighted by molar-refractivity contribution is -0.155. The molecule has 0 aliphatic heterocycles. The van der Waals surface area contributed by atoms with E-state index >= 15 is 0 Å². The summed E-state index contributed by atoms with van der Waals surface area (Å²) in [7, 11) is 1.70. The largest absolute Gasteiger partial charge is 0.447 e. The van der Waals surface area contributed by atoms with E-state index in [0.29, 0.717) is 12.0 Å². The number of ether oxygens (including phenoxy) is 1. The van der Waals surface area contributed by atoms with E-state index in [2.05, 4.69) is 0 Å². The van der Waals surface area contributed by atoms with E-state index in [1.54, 1.807) is 7.05 Å². The Morgan fingerprint density at radius 2 is 1.41 bits per heavy atom. The lowest BCUT2D eigenvalue weighted by Crippen LogP contribution is -2.34. The maximum atomic E-state index is 13.5. The molecule has 0 saturated heterocycles. The number of hydrogen-bond donors (Lipinski definition) is 0. The molecule has 1 amide bonds. The fraction of sp³-hybridized carbons (Fsp3) is 0.143. The second-order valence-corrected chi connectivity index (χ2v) is 7.66. The average Bonchev–Trinajstić information content (AvgIpc) is 2.86. The predicted molar refractivity (Wildman–Crippen MR) is 127 cm³/mol. The molecule has 160 valence electrons. The van der Waals surface area contributed by atoms with Crippen LogP contribution < -0.4 is 4.90 Å². The number of carbonyl (C=O) groups is 2. The SMILES string of the molecule is CN(C(=O)[C@@H](OC(=O)CCc1ccccc1)c1cccc2ccccc12)c1ccccc1. The summed E-state index contributed by atoms with van der Waals surface area (Å²) in [5.41, 5.74) is 2.48. The molecular weight excluding hydrogens is 398 g/mol. The molecule has 4 aromatic carbocycles. The van der Waals surface area contributed by atoms with E-state index in [-0.39, 0.29) is 12.3 Å². The van der Waals surface area contributed by atoms with Crippen LogP contribution in [0.2, 0.25) is 0 Å². The van der Waals surface area contributed by atoms with Gasteiger partial charge in [-0.3, -0.25) is 9.59 Å². The van der Waals surface area contributed by atoms with Crippen molar-refractivity contribution in [2.75, 3.05) is 11.9 Å². The molecule has 0 spiro atoms. The smallest absolute Gasteiger partial charge is 0.307 e. The first-order valence-corrected chi connectivity index (χ1v) is 10.7. The fourth-order valence-corrected chi connectivity index (χ4v) is 3.76. The first-order chi connectivity index (χ1) is 15.6. The highest BCUT2D eigenvalue weighted by molar-refractivity contribution is 6.00. The Morgan fingerprint density at radius 1 is 0.781 bits per heavy atom. The molecule has 4 heteroatoms. The Labute approximate surface area is 188 Å². The summed E-state index contributed by atoms with van der Waals surface area (Å²) in [4.78, 5) is 27.9. The summed E-state index contributed by atoms with van der Waals surface area (Å²) >= 11 is 0. The third kappa shape index (κ3) is 4.86. The van der Waals surface area contributed by atoms with E-state index in [1.807, 2.05) is 103 Å². The van der Waals surface area contributed by atoms with Gasteiger partial charge in [0.05, 0.1) is 0 Å². The van der Waals surface area contributed by atoms with Crippen molar-refractivity contribution in [1.82, 2.24) is 0 Å². The number of esters is 1. The van der Waals surface area contributed by atoms with Crippen molar-refractivity contribution in [3.8, 4) is 0 Å². The zero-order chi connectivity index (χ0) is 22.3. The van der Waals surface area contributed by atoms with Gasteiger partial charge in [-0.25, -0.2) is 0 Å². The van der Waals surface area contributed by atoms with Gasteiger partial charge in [0.25, 0.3) is 5.91 Å². The van der Waals surface area contributed by atoms with Crippen LogP contribution in [0, 0.1) is 0 Å². The van der Waals surface area contributed by atoms with Crippen molar-refractivity contribution in [2.24, 2.45) is 0 Å². The molecule has 1 atom stereocenters. The summed E-state index contributed by atoms with van der Waals surface area (Å²) in [5.74, 6) is -0.692. The second-order valence-electron chi connectivity index (χ2n) is 7.66. The van der Waals surface area contributed by atoms with Crippen LogP contribution in [0.1, 0.15) is 23.7 Å². The van der Waals surface area contributed by atoms with Gasteiger partial charge in [0.1, 0.15) is 0 Å². The number of carbonyl (C=O) groups excluding carboxylic acids is 2. The average molecular weight is 424 g/mol. The Kier molecular flexibility index (Phi) is 6.61. The van der Waals surface area contributed by atoms with Crippen LogP contribution in [-0.2, 0) is 20.7 Å². The number of hydrogen-bond acceptors (Lipinski definition) is 3. The number of aryl methyl sites for hydroxylation is 1. The maximum absolute atomic E-state index is 13.5. The quantitative estimate of drug-likeness (QED) is 0.357. The van der Waals surface area contributed by atoms with Gasteiger partial charge in [0, 0.05) is 24.7 Å². The van der Waals surface area contributed by atoms with Crippen molar-refractivity contribution >= 4 is 28.3 Å². The van der Waals surface area contributed by atoms with E-state index in [0.717, 1.165) is 22.0 Å². The molecule has 4 nitrogen and oxygen atoms in total. The zero-order valence-corrected chi connectivity index (χ0v) is 18.0. The summed E-state index contributed by atoms with van der Waals surface area (Å²) in [6, 6.07) is 32.7. The van der Waals surface area contributed by atoms with Gasteiger partial charge < -0.3 is 9.64 Å². The third-order valence-corrected chi connectivity index (χ3v) is 5.51. The lowest BCUT2D eigenvalue weighted by Gasteiger charge is -2.25. The number of nitrogens with zero attached hydrogens (tertiary/aromatic N) is 1. The number of para-hydroxylation sites is 1. The number of benzene rings is 4. The summed E-state index contributed by atoms with van der Waals surface area (Å²) in [6.07, 6.45) is -0.271. The van der Waals surface area contributed by atoms with Gasteiger partial charge in [0.15, 0.2) is 0 Å². The molecule has 0 heterocycles. The summed E-state index contributed by atoms with van der Waals surface area (Å²) in [6.45, 7) is 0. The minimum Gasteiger partial charge on any atom is -0.447 e. The highest BCUT2D eigenvalue weighted by Crippen LogP contribution is 2.30. The van der Waals surface area contributed by atoms with Crippen LogP contribution in [0.15, 0.2) is 103 Å². The van der Waals surface area contributed by atoms with Crippen LogP contribution in [0.4, 0.5) is 5.69 Å². The predicted octanol–water partition coefficient (Wildman–Crippen LogP) is 5.72. The van der Waals surface area contributed by atoms with Gasteiger partial charge in [-0.05, 0) is 34.9 Å².